The lowest BCUT2D eigenvalue weighted by molar-refractivity contribution is -0.134. The molecule has 2 atom stereocenters. The number of benzene rings is 1. The minimum Gasteiger partial charge on any atom is -0.368 e. The molecule has 1 heterocycles. The molecule has 0 unspecified atom stereocenters. The predicted molar refractivity (Wildman–Crippen MR) is 93.0 cm³/mol. The van der Waals surface area contributed by atoms with Crippen molar-refractivity contribution in [2.75, 3.05) is 7.11 Å². The Morgan fingerprint density at radius 3 is 2.54 bits per heavy atom. The van der Waals surface area contributed by atoms with Gasteiger partial charge in [0.2, 0.25) is 5.91 Å². The van der Waals surface area contributed by atoms with E-state index in [0.717, 1.165) is 5.56 Å². The molecule has 0 radical (unpaired) electrons. The molecule has 0 aliphatic heterocycles. The number of primary amides is 1. The lowest BCUT2D eigenvalue weighted by atomic mass is 10.1. The molecular weight excluding hydrogens is 374 g/mol. The van der Waals surface area contributed by atoms with Crippen LogP contribution in [0.25, 0.3) is 0 Å². The lowest BCUT2D eigenvalue weighted by Gasteiger charge is -2.20. The van der Waals surface area contributed by atoms with E-state index in [0.29, 0.717) is 10.2 Å². The van der Waals surface area contributed by atoms with Gasteiger partial charge >= 0.3 is 0 Å². The monoisotopic (exact) mass is 391 g/mol. The van der Waals surface area contributed by atoms with Crippen molar-refractivity contribution in [1.29, 1.82) is 0 Å². The standard InChI is InChI=1S/C17H18BrN3O3/c1-24-14(11-6-3-2-4-7-11)17(23)21-13(16(19)22)10-12-8-5-9-20-15(12)18/h2-9,13-14H,10H2,1H3,(H2,19,22)(H,21,23)/t13-,14+/m1/s1. The minimum atomic E-state index is -0.862. The Hall–Kier alpha value is -2.25. The molecule has 7 heteroatoms. The van der Waals surface area contributed by atoms with Crippen molar-refractivity contribution in [2.24, 2.45) is 5.73 Å². The van der Waals surface area contributed by atoms with Crippen LogP contribution in [0.15, 0.2) is 53.3 Å². The van der Waals surface area contributed by atoms with Crippen LogP contribution in [-0.2, 0) is 20.7 Å². The average Bonchev–Trinajstić information content (AvgIpc) is 2.57. The molecule has 0 saturated heterocycles. The number of rotatable bonds is 7. The first-order chi connectivity index (χ1) is 11.5. The summed E-state index contributed by atoms with van der Waals surface area (Å²) in [4.78, 5) is 28.3. The third kappa shape index (κ3) is 4.62. The zero-order chi connectivity index (χ0) is 17.5. The second kappa shape index (κ2) is 8.56. The molecule has 24 heavy (non-hydrogen) atoms. The SMILES string of the molecule is CO[C@H](C(=O)N[C@H](Cc1cccnc1Br)C(N)=O)c1ccccc1. The average molecular weight is 392 g/mol. The van der Waals surface area contributed by atoms with Crippen molar-refractivity contribution in [3.05, 3.63) is 64.4 Å². The first-order valence-corrected chi connectivity index (χ1v) is 8.09. The number of halogens is 1. The number of amides is 2. The van der Waals surface area contributed by atoms with Crippen LogP contribution in [0.3, 0.4) is 0 Å². The highest BCUT2D eigenvalue weighted by molar-refractivity contribution is 9.10. The molecule has 0 spiro atoms. The van der Waals surface area contributed by atoms with Gasteiger partial charge in [0.25, 0.3) is 5.91 Å². The van der Waals surface area contributed by atoms with Gasteiger partial charge in [0.1, 0.15) is 10.6 Å². The van der Waals surface area contributed by atoms with E-state index < -0.39 is 24.0 Å². The summed E-state index contributed by atoms with van der Waals surface area (Å²) in [7, 11) is 1.44. The van der Waals surface area contributed by atoms with Gasteiger partial charge in [-0.2, -0.15) is 0 Å². The number of hydrogen-bond donors (Lipinski definition) is 2. The van der Waals surface area contributed by atoms with Crippen LogP contribution in [-0.4, -0.2) is 29.9 Å². The zero-order valence-corrected chi connectivity index (χ0v) is 14.7. The Morgan fingerprint density at radius 1 is 1.25 bits per heavy atom. The first kappa shape index (κ1) is 18.1. The van der Waals surface area contributed by atoms with Gasteiger partial charge in [0.15, 0.2) is 6.10 Å². The Labute approximate surface area is 148 Å². The number of ether oxygens (including phenoxy) is 1. The van der Waals surface area contributed by atoms with Gasteiger partial charge in [0, 0.05) is 19.7 Å². The Bertz CT molecular complexity index is 709. The molecule has 0 aliphatic carbocycles. The number of nitrogens with zero attached hydrogens (tertiary/aromatic N) is 1. The van der Waals surface area contributed by atoms with Crippen molar-refractivity contribution < 1.29 is 14.3 Å². The fourth-order valence-corrected chi connectivity index (χ4v) is 2.70. The summed E-state index contributed by atoms with van der Waals surface area (Å²) in [6.45, 7) is 0. The van der Waals surface area contributed by atoms with Crippen molar-refractivity contribution in [3.63, 3.8) is 0 Å². The summed E-state index contributed by atoms with van der Waals surface area (Å²) in [5.41, 5.74) is 6.90. The molecule has 2 rings (SSSR count). The molecule has 0 fully saturated rings. The zero-order valence-electron chi connectivity index (χ0n) is 13.1. The fraction of sp³-hybridized carbons (Fsp3) is 0.235. The lowest BCUT2D eigenvalue weighted by Crippen LogP contribution is -2.47. The summed E-state index contributed by atoms with van der Waals surface area (Å²) >= 11 is 3.32. The molecule has 126 valence electrons. The van der Waals surface area contributed by atoms with E-state index in [2.05, 4.69) is 26.2 Å². The van der Waals surface area contributed by atoms with E-state index in [4.69, 9.17) is 10.5 Å². The van der Waals surface area contributed by atoms with Gasteiger partial charge in [-0.15, -0.1) is 0 Å². The normalized spacial score (nSPS) is 13.1. The second-order valence-corrected chi connectivity index (χ2v) is 5.90. The minimum absolute atomic E-state index is 0.237. The Morgan fingerprint density at radius 2 is 1.96 bits per heavy atom. The summed E-state index contributed by atoms with van der Waals surface area (Å²) in [5.74, 6) is -1.05. The molecule has 0 aliphatic rings. The van der Waals surface area contributed by atoms with Gasteiger partial charge in [-0.05, 0) is 33.1 Å². The fourth-order valence-electron chi connectivity index (χ4n) is 2.28. The molecule has 1 aromatic carbocycles. The second-order valence-electron chi connectivity index (χ2n) is 5.15. The van der Waals surface area contributed by atoms with Crippen LogP contribution in [0.1, 0.15) is 17.2 Å². The molecule has 0 saturated carbocycles. The van der Waals surface area contributed by atoms with E-state index in [-0.39, 0.29) is 6.42 Å². The molecule has 3 N–H and O–H groups in total. The van der Waals surface area contributed by atoms with Crippen molar-refractivity contribution in [3.8, 4) is 0 Å². The molecule has 1 aromatic heterocycles. The highest BCUT2D eigenvalue weighted by atomic mass is 79.9. The van der Waals surface area contributed by atoms with Gasteiger partial charge in [-0.25, -0.2) is 4.98 Å². The highest BCUT2D eigenvalue weighted by Gasteiger charge is 2.26. The van der Waals surface area contributed by atoms with Crippen LogP contribution in [0.2, 0.25) is 0 Å². The number of nitrogens with two attached hydrogens (primary N) is 1. The van der Waals surface area contributed by atoms with E-state index in [1.165, 1.54) is 7.11 Å². The van der Waals surface area contributed by atoms with Crippen LogP contribution >= 0.6 is 15.9 Å². The van der Waals surface area contributed by atoms with Crippen LogP contribution in [0.4, 0.5) is 0 Å². The van der Waals surface area contributed by atoms with E-state index in [1.54, 1.807) is 24.4 Å². The summed E-state index contributed by atoms with van der Waals surface area (Å²) in [6, 6.07) is 11.7. The van der Waals surface area contributed by atoms with Crippen molar-refractivity contribution in [1.82, 2.24) is 10.3 Å². The van der Waals surface area contributed by atoms with Crippen LogP contribution in [0, 0.1) is 0 Å². The first-order valence-electron chi connectivity index (χ1n) is 7.29. The van der Waals surface area contributed by atoms with Gasteiger partial charge in [-0.1, -0.05) is 36.4 Å². The van der Waals surface area contributed by atoms with Crippen LogP contribution in [0.5, 0.6) is 0 Å². The molecule has 0 bridgehead atoms. The van der Waals surface area contributed by atoms with Crippen molar-refractivity contribution in [2.45, 2.75) is 18.6 Å². The summed E-state index contributed by atoms with van der Waals surface area (Å²) in [6.07, 6.45) is 1.05. The summed E-state index contributed by atoms with van der Waals surface area (Å²) in [5, 5.41) is 2.65. The number of methoxy groups -OCH3 is 1. The van der Waals surface area contributed by atoms with Gasteiger partial charge in [-0.3, -0.25) is 9.59 Å². The Kier molecular flexibility index (Phi) is 6.45. The van der Waals surface area contributed by atoms with E-state index in [9.17, 15) is 9.59 Å². The topological polar surface area (TPSA) is 94.3 Å². The number of carbonyl (C=O) groups excluding carboxylic acids is 2. The van der Waals surface area contributed by atoms with Crippen LogP contribution < -0.4 is 11.1 Å². The molecule has 6 nitrogen and oxygen atoms in total. The van der Waals surface area contributed by atoms with E-state index >= 15 is 0 Å². The number of carbonyl (C=O) groups is 2. The number of hydrogen-bond acceptors (Lipinski definition) is 4. The quantitative estimate of drug-likeness (QED) is 0.702. The largest absolute Gasteiger partial charge is 0.368 e. The third-order valence-electron chi connectivity index (χ3n) is 3.50. The molecule has 2 aromatic rings. The maximum Gasteiger partial charge on any atom is 0.254 e. The maximum atomic E-state index is 12.5. The third-order valence-corrected chi connectivity index (χ3v) is 4.21. The van der Waals surface area contributed by atoms with Gasteiger partial charge < -0.3 is 15.8 Å². The maximum absolute atomic E-state index is 12.5. The van der Waals surface area contributed by atoms with Crippen molar-refractivity contribution >= 4 is 27.7 Å². The highest BCUT2D eigenvalue weighted by Crippen LogP contribution is 2.18. The smallest absolute Gasteiger partial charge is 0.254 e. The number of pyridine rings is 1. The number of aromatic nitrogens is 1. The summed E-state index contributed by atoms with van der Waals surface area (Å²) < 4.78 is 5.88. The molecular formula is C17H18BrN3O3. The van der Waals surface area contributed by atoms with Gasteiger partial charge in [0.05, 0.1) is 0 Å². The predicted octanol–water partition coefficient (Wildman–Crippen LogP) is 1.74. The number of nitrogens with one attached hydrogen (secondary N) is 1. The Balaban J connectivity index is 2.13. The molecule has 2 amide bonds. The van der Waals surface area contributed by atoms with E-state index in [1.807, 2.05) is 24.3 Å².